The van der Waals surface area contributed by atoms with Gasteiger partial charge in [0.05, 0.1) is 5.69 Å². The van der Waals surface area contributed by atoms with Crippen molar-refractivity contribution >= 4 is 11.8 Å². The van der Waals surface area contributed by atoms with Crippen molar-refractivity contribution in [3.05, 3.63) is 41.6 Å². The summed E-state index contributed by atoms with van der Waals surface area (Å²) in [5, 5.41) is 18.7. The van der Waals surface area contributed by atoms with E-state index in [-0.39, 0.29) is 18.7 Å². The number of nitrogens with one attached hydrogen (secondary N) is 2. The van der Waals surface area contributed by atoms with Gasteiger partial charge in [-0.2, -0.15) is 0 Å². The summed E-state index contributed by atoms with van der Waals surface area (Å²) in [6.07, 6.45) is 0.518. The van der Waals surface area contributed by atoms with E-state index in [1.165, 1.54) is 5.56 Å². The maximum Gasteiger partial charge on any atom is 0.320 e. The Balaban J connectivity index is 2.06. The van der Waals surface area contributed by atoms with Crippen LogP contribution in [0.4, 0.5) is 10.6 Å². The number of aryl methyl sites for hydroxylation is 2. The quantitative estimate of drug-likeness (QED) is 0.793. The lowest BCUT2D eigenvalue weighted by molar-refractivity contribution is 0.241. The maximum atomic E-state index is 11.8. The third-order valence-electron chi connectivity index (χ3n) is 3.35. The van der Waals surface area contributed by atoms with Crippen LogP contribution < -0.4 is 10.6 Å². The number of aromatic nitrogens is 2. The Labute approximate surface area is 130 Å². The van der Waals surface area contributed by atoms with Crippen molar-refractivity contribution in [2.24, 2.45) is 0 Å². The van der Waals surface area contributed by atoms with Gasteiger partial charge in [-0.25, -0.2) is 9.48 Å². The van der Waals surface area contributed by atoms with Crippen molar-refractivity contribution < 1.29 is 9.90 Å². The smallest absolute Gasteiger partial charge is 0.320 e. The number of benzene rings is 1. The molecule has 0 radical (unpaired) electrons. The zero-order chi connectivity index (χ0) is 16.1. The summed E-state index contributed by atoms with van der Waals surface area (Å²) >= 11 is 0. The molecule has 0 aliphatic rings. The molecular weight excluding hydrogens is 280 g/mol. The number of anilines is 1. The van der Waals surface area contributed by atoms with Crippen molar-refractivity contribution in [2.75, 3.05) is 11.9 Å². The Morgan fingerprint density at radius 2 is 2.00 bits per heavy atom. The van der Waals surface area contributed by atoms with Gasteiger partial charge < -0.3 is 10.4 Å². The van der Waals surface area contributed by atoms with Crippen LogP contribution >= 0.6 is 0 Å². The molecule has 118 valence electrons. The molecule has 0 fully saturated rings. The molecule has 1 unspecified atom stereocenters. The number of carbonyl (C=O) groups excluding carboxylic acids is 1. The Morgan fingerprint density at radius 3 is 2.64 bits per heavy atom. The zero-order valence-corrected chi connectivity index (χ0v) is 13.1. The highest BCUT2D eigenvalue weighted by Crippen LogP contribution is 2.15. The Hall–Kier alpha value is -2.34. The summed E-state index contributed by atoms with van der Waals surface area (Å²) < 4.78 is 1.78. The highest BCUT2D eigenvalue weighted by Gasteiger charge is 2.11. The van der Waals surface area contributed by atoms with Gasteiger partial charge in [-0.05, 0) is 39.3 Å². The van der Waals surface area contributed by atoms with E-state index < -0.39 is 0 Å². The highest BCUT2D eigenvalue weighted by atomic mass is 16.3. The van der Waals surface area contributed by atoms with Gasteiger partial charge in [0.25, 0.3) is 0 Å². The van der Waals surface area contributed by atoms with Crippen molar-refractivity contribution in [1.82, 2.24) is 15.1 Å². The lowest BCUT2D eigenvalue weighted by atomic mass is 10.2. The van der Waals surface area contributed by atoms with E-state index in [9.17, 15) is 4.79 Å². The maximum absolute atomic E-state index is 11.8. The van der Waals surface area contributed by atoms with Crippen LogP contribution in [-0.4, -0.2) is 33.6 Å². The highest BCUT2D eigenvalue weighted by molar-refractivity contribution is 5.88. The van der Waals surface area contributed by atoms with Gasteiger partial charge in [0.1, 0.15) is 0 Å². The van der Waals surface area contributed by atoms with Crippen LogP contribution in [0.2, 0.25) is 0 Å². The lowest BCUT2D eigenvalue weighted by Gasteiger charge is -2.12. The average Bonchev–Trinajstić information content (AvgIpc) is 2.80. The van der Waals surface area contributed by atoms with Crippen molar-refractivity contribution in [2.45, 2.75) is 33.2 Å². The first kappa shape index (κ1) is 16.0. The van der Waals surface area contributed by atoms with Gasteiger partial charge in [0.15, 0.2) is 5.82 Å². The number of nitrogens with zero attached hydrogens (tertiary/aromatic N) is 2. The van der Waals surface area contributed by atoms with Crippen molar-refractivity contribution in [3.8, 4) is 5.69 Å². The number of rotatable bonds is 5. The third kappa shape index (κ3) is 4.08. The summed E-state index contributed by atoms with van der Waals surface area (Å²) in [7, 11) is 0. The summed E-state index contributed by atoms with van der Waals surface area (Å²) in [5.41, 5.74) is 3.07. The number of aliphatic hydroxyl groups excluding tert-OH is 1. The minimum atomic E-state index is -0.325. The van der Waals surface area contributed by atoms with Crippen LogP contribution in [0.25, 0.3) is 5.69 Å². The molecule has 0 aliphatic heterocycles. The second-order valence-corrected chi connectivity index (χ2v) is 5.43. The molecule has 1 aromatic heterocycles. The van der Waals surface area contributed by atoms with E-state index in [4.69, 9.17) is 5.11 Å². The predicted molar refractivity (Wildman–Crippen MR) is 86.4 cm³/mol. The molecule has 1 atom stereocenters. The Bertz CT molecular complexity index is 634. The largest absolute Gasteiger partial charge is 0.396 e. The van der Waals surface area contributed by atoms with Gasteiger partial charge >= 0.3 is 6.03 Å². The fourth-order valence-corrected chi connectivity index (χ4v) is 2.12. The summed E-state index contributed by atoms with van der Waals surface area (Å²) in [6.45, 7) is 5.85. The van der Waals surface area contributed by atoms with Crippen molar-refractivity contribution in [3.63, 3.8) is 0 Å². The molecule has 1 aromatic carbocycles. The van der Waals surface area contributed by atoms with E-state index in [1.807, 2.05) is 51.1 Å². The van der Waals surface area contributed by atoms with Crippen LogP contribution in [0.15, 0.2) is 30.3 Å². The lowest BCUT2D eigenvalue weighted by Crippen LogP contribution is -2.36. The van der Waals surface area contributed by atoms with Gasteiger partial charge in [0, 0.05) is 24.4 Å². The normalized spacial score (nSPS) is 12.0. The molecule has 6 nitrogen and oxygen atoms in total. The predicted octanol–water partition coefficient (Wildman–Crippen LogP) is 2.38. The molecule has 0 aliphatic carbocycles. The van der Waals surface area contributed by atoms with E-state index in [0.29, 0.717) is 12.2 Å². The van der Waals surface area contributed by atoms with Crippen LogP contribution in [0.3, 0.4) is 0 Å². The minimum absolute atomic E-state index is 0.0443. The van der Waals surface area contributed by atoms with E-state index in [1.54, 1.807) is 4.68 Å². The molecule has 0 saturated carbocycles. The monoisotopic (exact) mass is 302 g/mol. The number of amides is 2. The summed E-state index contributed by atoms with van der Waals surface area (Å²) in [6, 6.07) is 9.42. The fourth-order valence-electron chi connectivity index (χ4n) is 2.12. The first-order valence-electron chi connectivity index (χ1n) is 7.31. The number of carbonyl (C=O) groups is 1. The number of urea groups is 1. The first-order chi connectivity index (χ1) is 10.5. The second-order valence-electron chi connectivity index (χ2n) is 5.43. The Morgan fingerprint density at radius 1 is 1.32 bits per heavy atom. The van der Waals surface area contributed by atoms with Crippen LogP contribution in [0.5, 0.6) is 0 Å². The van der Waals surface area contributed by atoms with Crippen LogP contribution in [-0.2, 0) is 0 Å². The number of aliphatic hydroxyl groups is 1. The number of hydrogen-bond donors (Lipinski definition) is 3. The molecule has 2 aromatic rings. The molecule has 3 N–H and O–H groups in total. The fraction of sp³-hybridized carbons (Fsp3) is 0.375. The van der Waals surface area contributed by atoms with Crippen LogP contribution in [0.1, 0.15) is 24.6 Å². The molecule has 22 heavy (non-hydrogen) atoms. The Kier molecular flexibility index (Phi) is 5.16. The third-order valence-corrected chi connectivity index (χ3v) is 3.35. The molecule has 2 amide bonds. The van der Waals surface area contributed by atoms with Crippen molar-refractivity contribution in [1.29, 1.82) is 0 Å². The van der Waals surface area contributed by atoms with E-state index in [0.717, 1.165) is 11.4 Å². The van der Waals surface area contributed by atoms with E-state index >= 15 is 0 Å². The molecule has 1 heterocycles. The molecule has 6 heteroatoms. The molecule has 0 spiro atoms. The summed E-state index contributed by atoms with van der Waals surface area (Å²) in [5.74, 6) is 0.492. The minimum Gasteiger partial charge on any atom is -0.396 e. The second kappa shape index (κ2) is 7.09. The molecular formula is C16H22N4O2. The zero-order valence-electron chi connectivity index (χ0n) is 13.1. The van der Waals surface area contributed by atoms with Gasteiger partial charge in [0.2, 0.25) is 0 Å². The molecule has 0 saturated heterocycles. The molecule has 0 bridgehead atoms. The molecule has 2 rings (SSSR count). The van der Waals surface area contributed by atoms with E-state index in [2.05, 4.69) is 15.7 Å². The standard InChI is InChI=1S/C16H22N4O2/c1-11-4-6-14(7-5-11)20-13(3)10-15(19-20)18-16(22)17-12(2)8-9-21/h4-7,10,12,21H,8-9H2,1-3H3,(H2,17,18,19,22). The average molecular weight is 302 g/mol. The topological polar surface area (TPSA) is 79.2 Å². The van der Waals surface area contributed by atoms with Gasteiger partial charge in [-0.15, -0.1) is 5.10 Å². The SMILES string of the molecule is Cc1ccc(-n2nc(NC(=O)NC(C)CCO)cc2C)cc1. The van der Waals surface area contributed by atoms with Crippen LogP contribution in [0, 0.1) is 13.8 Å². The van der Waals surface area contributed by atoms with Gasteiger partial charge in [-0.1, -0.05) is 17.7 Å². The number of hydrogen-bond acceptors (Lipinski definition) is 3. The first-order valence-corrected chi connectivity index (χ1v) is 7.31. The van der Waals surface area contributed by atoms with Gasteiger partial charge in [-0.3, -0.25) is 5.32 Å². The summed E-state index contributed by atoms with van der Waals surface area (Å²) in [4.78, 5) is 11.8.